The van der Waals surface area contributed by atoms with Gasteiger partial charge in [-0.15, -0.1) is 0 Å². The maximum absolute atomic E-state index is 14.4. The summed E-state index contributed by atoms with van der Waals surface area (Å²) in [6.07, 6.45) is -0.509. The van der Waals surface area contributed by atoms with Gasteiger partial charge in [0.1, 0.15) is 6.04 Å². The van der Waals surface area contributed by atoms with Gasteiger partial charge in [-0.3, -0.25) is 4.79 Å². The number of nitrogens with two attached hydrogens (primary N) is 1. The summed E-state index contributed by atoms with van der Waals surface area (Å²) in [4.78, 5) is 19.6. The Hall–Kier alpha value is -3.15. The zero-order valence-corrected chi connectivity index (χ0v) is 21.7. The Kier molecular flexibility index (Phi) is 7.58. The van der Waals surface area contributed by atoms with Crippen LogP contribution in [-0.2, 0) is 9.53 Å². The van der Waals surface area contributed by atoms with E-state index in [-0.39, 0.29) is 22.8 Å². The van der Waals surface area contributed by atoms with Crippen molar-refractivity contribution in [2.24, 2.45) is 5.41 Å². The molecule has 3 atom stereocenters. The van der Waals surface area contributed by atoms with Crippen molar-refractivity contribution in [2.45, 2.75) is 50.4 Å². The largest absolute Gasteiger partial charge is 0.480 e. The topological polar surface area (TPSA) is 120 Å². The van der Waals surface area contributed by atoms with Gasteiger partial charge in [-0.05, 0) is 66.4 Å². The van der Waals surface area contributed by atoms with Gasteiger partial charge in [0, 0.05) is 23.2 Å². The predicted octanol–water partition coefficient (Wildman–Crippen LogP) is 5.20. The first-order valence-corrected chi connectivity index (χ1v) is 13.0. The van der Waals surface area contributed by atoms with Crippen molar-refractivity contribution >= 4 is 34.7 Å². The van der Waals surface area contributed by atoms with Crippen molar-refractivity contribution in [1.29, 1.82) is 0 Å². The number of alkyl halides is 3. The minimum atomic E-state index is -4.76. The molecule has 12 heteroatoms. The zero-order valence-electron chi connectivity index (χ0n) is 20.9. The van der Waals surface area contributed by atoms with Crippen LogP contribution in [0.1, 0.15) is 55.0 Å². The van der Waals surface area contributed by atoms with Crippen molar-refractivity contribution < 1.29 is 32.5 Å². The third kappa shape index (κ3) is 6.05. The molecule has 5 rings (SSSR count). The van der Waals surface area contributed by atoms with Gasteiger partial charge in [-0.2, -0.15) is 18.2 Å². The highest BCUT2D eigenvalue weighted by Crippen LogP contribution is 2.45. The number of halogens is 4. The third-order valence-corrected chi connectivity index (χ3v) is 7.79. The van der Waals surface area contributed by atoms with Crippen LogP contribution >= 0.6 is 11.6 Å². The molecule has 3 heterocycles. The minimum absolute atomic E-state index is 0.0840. The lowest BCUT2D eigenvalue weighted by molar-refractivity contribution is -0.198. The standard InChI is InChI=1S/C27H28ClF3N4O4/c28-17-1-2-18(19(11-17)15-5-9-38-10-6-15)23(27(29,30)31)39-22-12-20(34-25(32)35-22)16-3-7-26(8-4-16)13-21(24(36)37)33-14-26/h1-3,5,11-12,21,23,33H,4,6-10,13-14H2,(H,36,37)(H2,32,34,35)/t21?,23-,26?/m1/s1. The van der Waals surface area contributed by atoms with Crippen LogP contribution in [0, 0.1) is 5.41 Å². The highest BCUT2D eigenvalue weighted by Gasteiger charge is 2.45. The Balaban J connectivity index is 1.43. The van der Waals surface area contributed by atoms with E-state index >= 15 is 0 Å². The first-order chi connectivity index (χ1) is 18.5. The van der Waals surface area contributed by atoms with E-state index in [0.29, 0.717) is 73.7 Å². The number of carboxylic acid groups (broad SMARTS) is 1. The van der Waals surface area contributed by atoms with Gasteiger partial charge in [-0.1, -0.05) is 29.8 Å². The smallest absolute Gasteiger partial charge is 0.429 e. The maximum Gasteiger partial charge on any atom is 0.429 e. The number of rotatable bonds is 6. The first kappa shape index (κ1) is 27.4. The van der Waals surface area contributed by atoms with E-state index in [4.69, 9.17) is 26.8 Å². The summed E-state index contributed by atoms with van der Waals surface area (Å²) in [6.45, 7) is 1.28. The van der Waals surface area contributed by atoms with Crippen LogP contribution in [0.25, 0.3) is 11.1 Å². The van der Waals surface area contributed by atoms with Crippen LogP contribution in [0.4, 0.5) is 19.1 Å². The third-order valence-electron chi connectivity index (χ3n) is 7.56. The molecule has 208 valence electrons. The number of hydrogen-bond donors (Lipinski definition) is 3. The van der Waals surface area contributed by atoms with Gasteiger partial charge in [0.25, 0.3) is 0 Å². The Morgan fingerprint density at radius 3 is 2.69 bits per heavy atom. The van der Waals surface area contributed by atoms with Crippen molar-refractivity contribution in [3.63, 3.8) is 0 Å². The Bertz CT molecular complexity index is 1330. The maximum atomic E-state index is 14.4. The molecule has 39 heavy (non-hydrogen) atoms. The van der Waals surface area contributed by atoms with Gasteiger partial charge < -0.3 is 25.6 Å². The van der Waals surface area contributed by atoms with Crippen LogP contribution in [-0.4, -0.2) is 53.0 Å². The van der Waals surface area contributed by atoms with E-state index in [1.165, 1.54) is 24.3 Å². The van der Waals surface area contributed by atoms with E-state index in [2.05, 4.69) is 15.3 Å². The van der Waals surface area contributed by atoms with Crippen molar-refractivity contribution in [3.8, 4) is 5.88 Å². The highest BCUT2D eigenvalue weighted by atomic mass is 35.5. The Morgan fingerprint density at radius 2 is 2.05 bits per heavy atom. The number of hydrogen-bond acceptors (Lipinski definition) is 7. The lowest BCUT2D eigenvalue weighted by atomic mass is 9.73. The lowest BCUT2D eigenvalue weighted by Crippen LogP contribution is -2.30. The second kappa shape index (κ2) is 10.8. The fourth-order valence-electron chi connectivity index (χ4n) is 5.52. The summed E-state index contributed by atoms with van der Waals surface area (Å²) < 4.78 is 54.1. The number of carboxylic acids is 1. The molecule has 0 amide bonds. The highest BCUT2D eigenvalue weighted by molar-refractivity contribution is 6.30. The molecule has 0 saturated carbocycles. The number of nitrogens with zero attached hydrogens (tertiary/aromatic N) is 2. The summed E-state index contributed by atoms with van der Waals surface area (Å²) in [5, 5.41) is 12.7. The number of aromatic nitrogens is 2. The van der Waals surface area contributed by atoms with Crippen LogP contribution in [0.2, 0.25) is 5.02 Å². The van der Waals surface area contributed by atoms with Crippen LogP contribution in [0.15, 0.2) is 36.4 Å². The molecule has 1 aliphatic carbocycles. The Labute approximate surface area is 228 Å². The van der Waals surface area contributed by atoms with Crippen LogP contribution in [0.3, 0.4) is 0 Å². The number of ether oxygens (including phenoxy) is 2. The molecule has 1 saturated heterocycles. The number of benzene rings is 1. The molecule has 8 nitrogen and oxygen atoms in total. The number of allylic oxidation sites excluding steroid dienone is 2. The summed E-state index contributed by atoms with van der Waals surface area (Å²) in [6, 6.07) is 5.02. The number of anilines is 1. The van der Waals surface area contributed by atoms with Crippen LogP contribution < -0.4 is 15.8 Å². The molecule has 4 N–H and O–H groups in total. The molecule has 1 fully saturated rings. The lowest BCUT2D eigenvalue weighted by Gasteiger charge is -2.32. The molecule has 1 spiro atoms. The van der Waals surface area contributed by atoms with Gasteiger partial charge in [0.15, 0.2) is 0 Å². The number of aliphatic carboxylic acids is 1. The minimum Gasteiger partial charge on any atom is -0.480 e. The second-order valence-corrected chi connectivity index (χ2v) is 10.6. The zero-order chi connectivity index (χ0) is 27.8. The van der Waals surface area contributed by atoms with Crippen molar-refractivity contribution in [3.05, 3.63) is 58.3 Å². The first-order valence-electron chi connectivity index (χ1n) is 12.6. The monoisotopic (exact) mass is 564 g/mol. The van der Waals surface area contributed by atoms with Gasteiger partial charge >= 0.3 is 12.1 Å². The SMILES string of the molecule is Nc1nc(O[C@H](c2ccc(Cl)cc2C2=CCOCC2)C(F)(F)F)cc(C2=CCC3(CC2)CNC(C(=O)O)C3)n1. The summed E-state index contributed by atoms with van der Waals surface area (Å²) in [7, 11) is 0. The molecule has 3 aliphatic rings. The van der Waals surface area contributed by atoms with Gasteiger partial charge in [-0.25, -0.2) is 4.98 Å². The average Bonchev–Trinajstić information content (AvgIpc) is 3.31. The molecule has 2 unspecified atom stereocenters. The number of nitrogen functional groups attached to an aromatic ring is 1. The molecule has 0 bridgehead atoms. The summed E-state index contributed by atoms with van der Waals surface area (Å²) in [5.41, 5.74) is 7.88. The molecule has 2 aliphatic heterocycles. The van der Waals surface area contributed by atoms with Gasteiger partial charge in [0.2, 0.25) is 17.9 Å². The van der Waals surface area contributed by atoms with E-state index < -0.39 is 24.3 Å². The molecular formula is C27H28ClF3N4O4. The fraction of sp³-hybridized carbons (Fsp3) is 0.444. The molecule has 0 radical (unpaired) electrons. The fourth-order valence-corrected chi connectivity index (χ4v) is 5.69. The van der Waals surface area contributed by atoms with E-state index in [0.717, 1.165) is 5.57 Å². The summed E-state index contributed by atoms with van der Waals surface area (Å²) in [5.74, 6) is -1.37. The quantitative estimate of drug-likeness (QED) is 0.438. The normalized spacial score (nSPS) is 24.3. The van der Waals surface area contributed by atoms with E-state index in [9.17, 15) is 23.1 Å². The van der Waals surface area contributed by atoms with E-state index in [1.54, 1.807) is 6.08 Å². The van der Waals surface area contributed by atoms with Crippen LogP contribution in [0.5, 0.6) is 5.88 Å². The van der Waals surface area contributed by atoms with Gasteiger partial charge in [0.05, 0.1) is 18.9 Å². The Morgan fingerprint density at radius 1 is 1.23 bits per heavy atom. The predicted molar refractivity (Wildman–Crippen MR) is 139 cm³/mol. The number of nitrogens with one attached hydrogen (secondary N) is 1. The molecular weight excluding hydrogens is 537 g/mol. The van der Waals surface area contributed by atoms with Crippen molar-refractivity contribution in [2.75, 3.05) is 25.5 Å². The number of carbonyl (C=O) groups is 1. The molecule has 1 aromatic heterocycles. The second-order valence-electron chi connectivity index (χ2n) is 10.2. The molecule has 1 aromatic carbocycles. The summed E-state index contributed by atoms with van der Waals surface area (Å²) >= 11 is 6.15. The van der Waals surface area contributed by atoms with Crippen molar-refractivity contribution in [1.82, 2.24) is 15.3 Å². The average molecular weight is 565 g/mol. The van der Waals surface area contributed by atoms with E-state index in [1.807, 2.05) is 6.08 Å². The molecule has 2 aromatic rings.